The van der Waals surface area contributed by atoms with Crippen LogP contribution in [0.15, 0.2) is 0 Å². The maximum absolute atomic E-state index is 11.3. The largest absolute Gasteiger partial charge is 0.383 e. The first-order chi connectivity index (χ1) is 6.11. The Hall–Kier alpha value is -0.610. The molecule has 0 heterocycles. The molecule has 0 saturated heterocycles. The van der Waals surface area contributed by atoms with Gasteiger partial charge in [0.15, 0.2) is 0 Å². The SMILES string of the molecule is CCCC(C)NC(=O)C(N)COC. The van der Waals surface area contributed by atoms with Crippen LogP contribution >= 0.6 is 0 Å². The average molecular weight is 188 g/mol. The third-order valence-corrected chi connectivity index (χ3v) is 1.79. The van der Waals surface area contributed by atoms with E-state index in [1.807, 2.05) is 6.92 Å². The average Bonchev–Trinajstić information content (AvgIpc) is 2.05. The lowest BCUT2D eigenvalue weighted by molar-refractivity contribution is -0.124. The summed E-state index contributed by atoms with van der Waals surface area (Å²) in [6.45, 7) is 4.32. The second-order valence-electron chi connectivity index (χ2n) is 3.26. The molecule has 0 aliphatic heterocycles. The minimum Gasteiger partial charge on any atom is -0.383 e. The Bertz CT molecular complexity index is 151. The third-order valence-electron chi connectivity index (χ3n) is 1.79. The number of methoxy groups -OCH3 is 1. The minimum absolute atomic E-state index is 0.136. The van der Waals surface area contributed by atoms with Crippen molar-refractivity contribution in [1.29, 1.82) is 0 Å². The maximum Gasteiger partial charge on any atom is 0.239 e. The van der Waals surface area contributed by atoms with Crippen LogP contribution in [0.1, 0.15) is 26.7 Å². The predicted octanol–water partition coefficient (Wildman–Crippen LogP) is 0.265. The summed E-state index contributed by atoms with van der Waals surface area (Å²) < 4.78 is 4.78. The van der Waals surface area contributed by atoms with Crippen LogP contribution in [0.5, 0.6) is 0 Å². The number of carbonyl (C=O) groups excluding carboxylic acids is 1. The van der Waals surface area contributed by atoms with Gasteiger partial charge in [-0.05, 0) is 13.3 Å². The number of nitrogens with two attached hydrogens (primary N) is 1. The van der Waals surface area contributed by atoms with Crippen LogP contribution in [0.4, 0.5) is 0 Å². The van der Waals surface area contributed by atoms with E-state index >= 15 is 0 Å². The van der Waals surface area contributed by atoms with Crippen LogP contribution in [0.3, 0.4) is 0 Å². The molecule has 0 saturated carbocycles. The van der Waals surface area contributed by atoms with Gasteiger partial charge < -0.3 is 15.8 Å². The number of hydrogen-bond acceptors (Lipinski definition) is 3. The van der Waals surface area contributed by atoms with Gasteiger partial charge >= 0.3 is 0 Å². The first kappa shape index (κ1) is 12.4. The van der Waals surface area contributed by atoms with Crippen LogP contribution in [-0.4, -0.2) is 31.7 Å². The van der Waals surface area contributed by atoms with E-state index in [0.717, 1.165) is 12.8 Å². The van der Waals surface area contributed by atoms with Gasteiger partial charge in [0.05, 0.1) is 6.61 Å². The molecule has 3 N–H and O–H groups in total. The Balaban J connectivity index is 3.71. The number of hydrogen-bond donors (Lipinski definition) is 2. The Labute approximate surface area is 79.8 Å². The van der Waals surface area contributed by atoms with E-state index in [0.29, 0.717) is 0 Å². The summed E-state index contributed by atoms with van der Waals surface area (Å²) in [5, 5.41) is 2.82. The van der Waals surface area contributed by atoms with Crippen molar-refractivity contribution < 1.29 is 9.53 Å². The van der Waals surface area contributed by atoms with Gasteiger partial charge in [0.25, 0.3) is 0 Å². The molecular formula is C9H20N2O2. The Kier molecular flexibility index (Phi) is 6.54. The molecule has 0 aromatic heterocycles. The Morgan fingerprint density at radius 1 is 1.62 bits per heavy atom. The van der Waals surface area contributed by atoms with Gasteiger partial charge in [0.1, 0.15) is 6.04 Å². The van der Waals surface area contributed by atoms with Gasteiger partial charge in [-0.15, -0.1) is 0 Å². The fourth-order valence-electron chi connectivity index (χ4n) is 1.11. The number of rotatable bonds is 6. The first-order valence-corrected chi connectivity index (χ1v) is 4.66. The van der Waals surface area contributed by atoms with Crippen molar-refractivity contribution in [1.82, 2.24) is 5.32 Å². The van der Waals surface area contributed by atoms with Gasteiger partial charge in [0.2, 0.25) is 5.91 Å². The van der Waals surface area contributed by atoms with E-state index in [9.17, 15) is 4.79 Å². The molecule has 0 aliphatic carbocycles. The summed E-state index contributed by atoms with van der Waals surface area (Å²) in [6, 6.07) is -0.357. The number of ether oxygens (including phenoxy) is 1. The number of carbonyl (C=O) groups is 1. The zero-order valence-electron chi connectivity index (χ0n) is 8.67. The highest BCUT2D eigenvalue weighted by atomic mass is 16.5. The third kappa shape index (κ3) is 5.60. The maximum atomic E-state index is 11.3. The fourth-order valence-corrected chi connectivity index (χ4v) is 1.11. The van der Waals surface area contributed by atoms with Crippen molar-refractivity contribution in [2.24, 2.45) is 5.73 Å². The zero-order valence-corrected chi connectivity index (χ0v) is 8.67. The highest BCUT2D eigenvalue weighted by Crippen LogP contribution is 1.95. The van der Waals surface area contributed by atoms with E-state index in [4.69, 9.17) is 10.5 Å². The Morgan fingerprint density at radius 3 is 2.69 bits per heavy atom. The molecule has 0 radical (unpaired) electrons. The molecule has 4 heteroatoms. The van der Waals surface area contributed by atoms with Crippen molar-refractivity contribution in [2.75, 3.05) is 13.7 Å². The second-order valence-corrected chi connectivity index (χ2v) is 3.26. The van der Waals surface area contributed by atoms with Crippen molar-refractivity contribution in [3.05, 3.63) is 0 Å². The molecule has 0 spiro atoms. The van der Waals surface area contributed by atoms with Crippen LogP contribution in [-0.2, 0) is 9.53 Å². The van der Waals surface area contributed by atoms with Crippen molar-refractivity contribution in [3.8, 4) is 0 Å². The van der Waals surface area contributed by atoms with Crippen LogP contribution in [0, 0.1) is 0 Å². The molecule has 2 unspecified atom stereocenters. The summed E-state index contributed by atoms with van der Waals surface area (Å²) in [6.07, 6.45) is 2.03. The van der Waals surface area contributed by atoms with Crippen molar-refractivity contribution in [2.45, 2.75) is 38.8 Å². The molecular weight excluding hydrogens is 168 g/mol. The number of amides is 1. The van der Waals surface area contributed by atoms with Crippen LogP contribution in [0.25, 0.3) is 0 Å². The molecule has 0 aliphatic rings. The van der Waals surface area contributed by atoms with Crippen molar-refractivity contribution in [3.63, 3.8) is 0 Å². The lowest BCUT2D eigenvalue weighted by atomic mass is 10.2. The first-order valence-electron chi connectivity index (χ1n) is 4.66. The van der Waals surface area contributed by atoms with Gasteiger partial charge in [-0.1, -0.05) is 13.3 Å². The molecule has 0 aromatic carbocycles. The van der Waals surface area contributed by atoms with Gasteiger partial charge in [-0.3, -0.25) is 4.79 Å². The monoisotopic (exact) mass is 188 g/mol. The zero-order chi connectivity index (χ0) is 10.3. The normalized spacial score (nSPS) is 15.1. The molecule has 0 rings (SSSR count). The van der Waals surface area contributed by atoms with Gasteiger partial charge in [-0.2, -0.15) is 0 Å². The minimum atomic E-state index is -0.552. The van der Waals surface area contributed by atoms with Crippen LogP contribution in [0.2, 0.25) is 0 Å². The lowest BCUT2D eigenvalue weighted by Gasteiger charge is -2.16. The van der Waals surface area contributed by atoms with E-state index < -0.39 is 6.04 Å². The highest BCUT2D eigenvalue weighted by Gasteiger charge is 2.14. The van der Waals surface area contributed by atoms with Crippen LogP contribution < -0.4 is 11.1 Å². The topological polar surface area (TPSA) is 64.4 Å². The molecule has 0 aromatic rings. The standard InChI is InChI=1S/C9H20N2O2/c1-4-5-7(2)11-9(12)8(10)6-13-3/h7-8H,4-6,10H2,1-3H3,(H,11,12). The summed E-state index contributed by atoms with van der Waals surface area (Å²) in [5.41, 5.74) is 5.54. The number of nitrogens with one attached hydrogen (secondary N) is 1. The Morgan fingerprint density at radius 2 is 2.23 bits per heavy atom. The lowest BCUT2D eigenvalue weighted by Crippen LogP contribution is -2.46. The van der Waals surface area contributed by atoms with E-state index in [1.54, 1.807) is 0 Å². The highest BCUT2D eigenvalue weighted by molar-refractivity contribution is 5.81. The predicted molar refractivity (Wildman–Crippen MR) is 52.4 cm³/mol. The molecule has 78 valence electrons. The summed E-state index contributed by atoms with van der Waals surface area (Å²) in [5.74, 6) is -0.136. The van der Waals surface area contributed by atoms with Gasteiger partial charge in [-0.25, -0.2) is 0 Å². The van der Waals surface area contributed by atoms with Gasteiger partial charge in [0, 0.05) is 13.2 Å². The fraction of sp³-hybridized carbons (Fsp3) is 0.889. The van der Waals surface area contributed by atoms with Crippen molar-refractivity contribution >= 4 is 5.91 Å². The second kappa shape index (κ2) is 6.86. The summed E-state index contributed by atoms with van der Waals surface area (Å²) >= 11 is 0. The van der Waals surface area contributed by atoms with E-state index in [1.165, 1.54) is 7.11 Å². The summed E-state index contributed by atoms with van der Waals surface area (Å²) in [7, 11) is 1.53. The molecule has 13 heavy (non-hydrogen) atoms. The quantitative estimate of drug-likeness (QED) is 0.628. The molecule has 2 atom stereocenters. The molecule has 0 fully saturated rings. The summed E-state index contributed by atoms with van der Waals surface area (Å²) in [4.78, 5) is 11.3. The smallest absolute Gasteiger partial charge is 0.239 e. The van der Waals surface area contributed by atoms with E-state index in [2.05, 4.69) is 12.2 Å². The molecule has 4 nitrogen and oxygen atoms in total. The molecule has 1 amide bonds. The molecule has 0 bridgehead atoms. The van der Waals surface area contributed by atoms with E-state index in [-0.39, 0.29) is 18.6 Å².